The SMILES string of the molecule is NC(=CC(=Nc1ccc(NC(=O)c2cccc(C(=O)O)c2)nc1)C(F)(F)F)c1cccnc1. The summed E-state index contributed by atoms with van der Waals surface area (Å²) < 4.78 is 40.3. The Hall–Kier alpha value is -4.54. The molecule has 0 aliphatic rings. The fourth-order valence-electron chi connectivity index (χ4n) is 2.59. The van der Waals surface area contributed by atoms with E-state index in [1.54, 1.807) is 0 Å². The number of carboxylic acids is 1. The van der Waals surface area contributed by atoms with Crippen LogP contribution in [0.1, 0.15) is 26.3 Å². The van der Waals surface area contributed by atoms with Crippen LogP contribution in [0.2, 0.25) is 0 Å². The molecule has 0 radical (unpaired) electrons. The molecular formula is C22H16F3N5O3. The Morgan fingerprint density at radius 1 is 1.03 bits per heavy atom. The van der Waals surface area contributed by atoms with Crippen LogP contribution in [0.4, 0.5) is 24.7 Å². The normalized spacial score (nSPS) is 12.3. The molecule has 0 atom stereocenters. The number of pyridine rings is 2. The van der Waals surface area contributed by atoms with Crippen molar-refractivity contribution in [1.82, 2.24) is 9.97 Å². The smallest absolute Gasteiger partial charge is 0.433 e. The van der Waals surface area contributed by atoms with Crippen LogP contribution in [-0.4, -0.2) is 38.8 Å². The first kappa shape index (κ1) is 23.1. The molecule has 0 aliphatic carbocycles. The van der Waals surface area contributed by atoms with Gasteiger partial charge in [0, 0.05) is 29.2 Å². The van der Waals surface area contributed by atoms with E-state index >= 15 is 0 Å². The molecule has 0 saturated carbocycles. The fourth-order valence-corrected chi connectivity index (χ4v) is 2.59. The van der Waals surface area contributed by atoms with Gasteiger partial charge in [0.05, 0.1) is 17.4 Å². The van der Waals surface area contributed by atoms with Crippen molar-refractivity contribution >= 4 is 34.8 Å². The standard InChI is InChI=1S/C22H16F3N5O3/c23-22(24,25)18(10-17(26)15-5-2-8-27-11-15)29-16-6-7-19(28-12-16)30-20(31)13-3-1-4-14(9-13)21(32)33/h1-12H,26H2,(H,32,33)(H,28,30,31). The van der Waals surface area contributed by atoms with Crippen LogP contribution in [0.5, 0.6) is 0 Å². The number of rotatable bonds is 6. The molecule has 2 heterocycles. The molecule has 3 rings (SSSR count). The molecule has 2 aromatic heterocycles. The molecule has 0 saturated heterocycles. The number of carboxylic acid groups (broad SMARTS) is 1. The Morgan fingerprint density at radius 3 is 2.36 bits per heavy atom. The topological polar surface area (TPSA) is 131 Å². The number of hydrogen-bond donors (Lipinski definition) is 3. The average Bonchev–Trinajstić information content (AvgIpc) is 2.79. The third-order valence-electron chi connectivity index (χ3n) is 4.19. The van der Waals surface area contributed by atoms with Gasteiger partial charge in [-0.3, -0.25) is 9.78 Å². The van der Waals surface area contributed by atoms with Gasteiger partial charge in [0.1, 0.15) is 11.5 Å². The van der Waals surface area contributed by atoms with Gasteiger partial charge >= 0.3 is 12.1 Å². The number of anilines is 1. The lowest BCUT2D eigenvalue weighted by Gasteiger charge is -2.09. The zero-order valence-electron chi connectivity index (χ0n) is 16.7. The number of benzene rings is 1. The number of alkyl halides is 3. The number of hydrogen-bond acceptors (Lipinski definition) is 6. The van der Waals surface area contributed by atoms with Crippen LogP contribution in [0.15, 0.2) is 78.2 Å². The Bertz CT molecular complexity index is 1220. The Balaban J connectivity index is 1.80. The van der Waals surface area contributed by atoms with Crippen molar-refractivity contribution in [1.29, 1.82) is 0 Å². The first-order chi connectivity index (χ1) is 15.6. The maximum atomic E-state index is 13.4. The van der Waals surface area contributed by atoms with E-state index in [0.29, 0.717) is 11.6 Å². The Labute approximate surface area is 185 Å². The quantitative estimate of drug-likeness (QED) is 0.481. The molecule has 11 heteroatoms. The van der Waals surface area contributed by atoms with E-state index in [1.807, 2.05) is 0 Å². The van der Waals surface area contributed by atoms with E-state index in [-0.39, 0.29) is 28.3 Å². The molecule has 8 nitrogen and oxygen atoms in total. The highest BCUT2D eigenvalue weighted by Crippen LogP contribution is 2.24. The maximum Gasteiger partial charge on any atom is 0.433 e. The third kappa shape index (κ3) is 6.23. The molecule has 168 valence electrons. The number of aromatic carboxylic acids is 1. The molecule has 0 bridgehead atoms. The maximum absolute atomic E-state index is 13.4. The van der Waals surface area contributed by atoms with E-state index in [4.69, 9.17) is 10.8 Å². The van der Waals surface area contributed by atoms with Gasteiger partial charge in [0.25, 0.3) is 5.91 Å². The lowest BCUT2D eigenvalue weighted by atomic mass is 10.1. The second kappa shape index (κ2) is 9.73. The molecule has 1 aromatic carbocycles. The van der Waals surface area contributed by atoms with Crippen LogP contribution < -0.4 is 11.1 Å². The first-order valence-electron chi connectivity index (χ1n) is 9.27. The van der Waals surface area contributed by atoms with E-state index in [1.165, 1.54) is 60.9 Å². The number of aliphatic imine (C=N–C) groups is 1. The van der Waals surface area contributed by atoms with Gasteiger partial charge < -0.3 is 16.2 Å². The predicted molar refractivity (Wildman–Crippen MR) is 115 cm³/mol. The van der Waals surface area contributed by atoms with Crippen LogP contribution in [0.3, 0.4) is 0 Å². The predicted octanol–water partition coefficient (Wildman–Crippen LogP) is 4.06. The number of nitrogens with one attached hydrogen (secondary N) is 1. The average molecular weight is 455 g/mol. The first-order valence-corrected chi connectivity index (χ1v) is 9.27. The van der Waals surface area contributed by atoms with Gasteiger partial charge in [-0.2, -0.15) is 13.2 Å². The minimum absolute atomic E-state index is 0.0404. The molecule has 0 unspecified atom stereocenters. The number of aromatic nitrogens is 2. The van der Waals surface area contributed by atoms with Crippen LogP contribution in [0.25, 0.3) is 5.70 Å². The number of nitrogens with zero attached hydrogens (tertiary/aromatic N) is 3. The molecule has 33 heavy (non-hydrogen) atoms. The zero-order valence-corrected chi connectivity index (χ0v) is 16.7. The summed E-state index contributed by atoms with van der Waals surface area (Å²) in [7, 11) is 0. The minimum atomic E-state index is -4.78. The van der Waals surface area contributed by atoms with Gasteiger partial charge in [-0.25, -0.2) is 14.8 Å². The van der Waals surface area contributed by atoms with Gasteiger partial charge in [-0.05, 0) is 48.5 Å². The summed E-state index contributed by atoms with van der Waals surface area (Å²) in [6, 6.07) is 10.9. The molecule has 3 aromatic rings. The van der Waals surface area contributed by atoms with E-state index in [2.05, 4.69) is 20.3 Å². The summed E-state index contributed by atoms with van der Waals surface area (Å²) in [4.78, 5) is 34.6. The van der Waals surface area contributed by atoms with Crippen molar-refractivity contribution in [2.24, 2.45) is 10.7 Å². The van der Waals surface area contributed by atoms with E-state index < -0.39 is 23.8 Å². The number of amides is 1. The van der Waals surface area contributed by atoms with E-state index in [0.717, 1.165) is 6.20 Å². The number of halogens is 3. The molecule has 1 amide bonds. The summed E-state index contributed by atoms with van der Waals surface area (Å²) in [5, 5.41) is 11.4. The molecule has 4 N–H and O–H groups in total. The number of carbonyl (C=O) groups is 2. The summed E-state index contributed by atoms with van der Waals surface area (Å²) >= 11 is 0. The van der Waals surface area contributed by atoms with Gasteiger partial charge in [-0.15, -0.1) is 0 Å². The minimum Gasteiger partial charge on any atom is -0.478 e. The summed E-state index contributed by atoms with van der Waals surface area (Å²) in [5.41, 5.74) is 4.53. The van der Waals surface area contributed by atoms with Crippen LogP contribution >= 0.6 is 0 Å². The summed E-state index contributed by atoms with van der Waals surface area (Å²) in [5.74, 6) is -1.78. The number of nitrogens with two attached hydrogens (primary N) is 1. The number of carbonyl (C=O) groups excluding carboxylic acids is 1. The highest BCUT2D eigenvalue weighted by atomic mass is 19.4. The van der Waals surface area contributed by atoms with Crippen molar-refractivity contribution in [2.45, 2.75) is 6.18 Å². The lowest BCUT2D eigenvalue weighted by molar-refractivity contribution is -0.0576. The third-order valence-corrected chi connectivity index (χ3v) is 4.19. The zero-order chi connectivity index (χ0) is 24.0. The van der Waals surface area contributed by atoms with Crippen LogP contribution in [-0.2, 0) is 0 Å². The fraction of sp³-hybridized carbons (Fsp3) is 0.0455. The van der Waals surface area contributed by atoms with Crippen molar-refractivity contribution in [3.05, 3.63) is 89.9 Å². The van der Waals surface area contributed by atoms with Crippen LogP contribution in [0, 0.1) is 0 Å². The molecular weight excluding hydrogens is 439 g/mol. The lowest BCUT2D eigenvalue weighted by Crippen LogP contribution is -2.22. The molecule has 0 spiro atoms. The van der Waals surface area contributed by atoms with Gasteiger partial charge in [-0.1, -0.05) is 6.07 Å². The van der Waals surface area contributed by atoms with Gasteiger partial charge in [0.2, 0.25) is 0 Å². The van der Waals surface area contributed by atoms with Gasteiger partial charge in [0.15, 0.2) is 0 Å². The highest BCUT2D eigenvalue weighted by Gasteiger charge is 2.34. The van der Waals surface area contributed by atoms with Crippen molar-refractivity contribution in [3.8, 4) is 0 Å². The monoisotopic (exact) mass is 455 g/mol. The highest BCUT2D eigenvalue weighted by molar-refractivity contribution is 6.06. The largest absolute Gasteiger partial charge is 0.478 e. The number of allylic oxidation sites excluding steroid dienone is 1. The summed E-state index contributed by atoms with van der Waals surface area (Å²) in [6.45, 7) is 0. The summed E-state index contributed by atoms with van der Waals surface area (Å²) in [6.07, 6.45) is -0.254. The molecule has 0 aliphatic heterocycles. The Kier molecular flexibility index (Phi) is 6.82. The van der Waals surface area contributed by atoms with Crippen molar-refractivity contribution in [2.75, 3.05) is 5.32 Å². The van der Waals surface area contributed by atoms with Crippen molar-refractivity contribution in [3.63, 3.8) is 0 Å². The Morgan fingerprint density at radius 2 is 1.76 bits per heavy atom. The molecule has 0 fully saturated rings. The van der Waals surface area contributed by atoms with E-state index in [9.17, 15) is 22.8 Å². The second-order valence-electron chi connectivity index (χ2n) is 6.58. The second-order valence-corrected chi connectivity index (χ2v) is 6.58. The van der Waals surface area contributed by atoms with Crippen molar-refractivity contribution < 1.29 is 27.9 Å².